The number of alkyl carbamates (subject to hydrolysis) is 1. The smallest absolute Gasteiger partial charge is 0.407 e. The van der Waals surface area contributed by atoms with Crippen LogP contribution in [0.4, 0.5) is 4.79 Å². The first kappa shape index (κ1) is 14.9. The number of aromatic amines is 1. The number of H-pyrrole nitrogens is 1. The minimum Gasteiger partial charge on any atom is -0.439 e. The Balaban J connectivity index is 1.58. The first-order chi connectivity index (χ1) is 10.5. The van der Waals surface area contributed by atoms with Gasteiger partial charge in [-0.1, -0.05) is 0 Å². The zero-order chi connectivity index (χ0) is 15.7. The molecule has 1 atom stereocenters. The minimum atomic E-state index is -0.524. The number of rotatable bonds is 3. The highest BCUT2D eigenvalue weighted by Crippen LogP contribution is 2.28. The van der Waals surface area contributed by atoms with E-state index in [1.165, 1.54) is 0 Å². The second-order valence-corrected chi connectivity index (χ2v) is 6.27. The molecule has 2 N–H and O–H groups in total. The van der Waals surface area contributed by atoms with Crippen LogP contribution < -0.4 is 5.32 Å². The Morgan fingerprint density at radius 2 is 2.27 bits per heavy atom. The molecule has 1 aromatic heterocycles. The fraction of sp³-hybridized carbons (Fsp3) is 0.667. The largest absolute Gasteiger partial charge is 0.439 e. The average Bonchev–Trinajstić information content (AvgIpc) is 3.01. The Bertz CT molecular complexity index is 598. The highest BCUT2D eigenvalue weighted by atomic mass is 16.6. The van der Waals surface area contributed by atoms with Crippen molar-refractivity contribution in [3.05, 3.63) is 17.0 Å². The zero-order valence-corrected chi connectivity index (χ0v) is 13.1. The van der Waals surface area contributed by atoms with Crippen molar-refractivity contribution in [1.29, 1.82) is 0 Å². The van der Waals surface area contributed by atoms with Crippen LogP contribution >= 0.6 is 0 Å². The number of likely N-dealkylation sites (tertiary alicyclic amines) is 1. The molecule has 0 radical (unpaired) electrons. The van der Waals surface area contributed by atoms with E-state index in [1.54, 1.807) is 0 Å². The summed E-state index contributed by atoms with van der Waals surface area (Å²) >= 11 is 0. The molecule has 1 unspecified atom stereocenters. The molecule has 0 saturated carbocycles. The Labute approximate surface area is 129 Å². The van der Waals surface area contributed by atoms with E-state index in [0.717, 1.165) is 36.3 Å². The summed E-state index contributed by atoms with van der Waals surface area (Å²) < 4.78 is 5.39. The number of aromatic nitrogens is 2. The molecule has 22 heavy (non-hydrogen) atoms. The average molecular weight is 306 g/mol. The molecule has 2 fully saturated rings. The van der Waals surface area contributed by atoms with Gasteiger partial charge >= 0.3 is 6.09 Å². The number of aryl methyl sites for hydroxylation is 2. The molecule has 120 valence electrons. The fourth-order valence-electron chi connectivity index (χ4n) is 3.20. The maximum atomic E-state index is 12.4. The maximum absolute atomic E-state index is 12.4. The van der Waals surface area contributed by atoms with Gasteiger partial charge in [-0.05, 0) is 32.3 Å². The SMILES string of the molecule is Cc1[nH]nc(CCC(=O)N2CCCC3(CNC(=O)O3)C2)c1C. The molecule has 1 spiro atoms. The summed E-state index contributed by atoms with van der Waals surface area (Å²) in [5.41, 5.74) is 2.59. The number of nitrogens with zero attached hydrogens (tertiary/aromatic N) is 2. The van der Waals surface area contributed by atoms with Gasteiger partial charge < -0.3 is 15.0 Å². The van der Waals surface area contributed by atoms with Gasteiger partial charge in [-0.2, -0.15) is 5.10 Å². The molecule has 2 amide bonds. The van der Waals surface area contributed by atoms with Crippen molar-refractivity contribution in [1.82, 2.24) is 20.4 Å². The summed E-state index contributed by atoms with van der Waals surface area (Å²) in [4.78, 5) is 25.6. The van der Waals surface area contributed by atoms with Crippen molar-refractivity contribution >= 4 is 12.0 Å². The topological polar surface area (TPSA) is 87.3 Å². The summed E-state index contributed by atoms with van der Waals surface area (Å²) in [6.07, 6.45) is 2.37. The second-order valence-electron chi connectivity index (χ2n) is 6.27. The molecule has 1 aromatic rings. The standard InChI is InChI=1S/C15H22N4O3/c1-10-11(2)17-18-12(10)4-5-13(20)19-7-3-6-15(9-19)8-16-14(21)22-15/h3-9H2,1-2H3,(H,16,21)(H,17,18). The van der Waals surface area contributed by atoms with Crippen LogP contribution in [-0.4, -0.2) is 52.3 Å². The summed E-state index contributed by atoms with van der Waals surface area (Å²) in [5, 5.41) is 9.88. The first-order valence-electron chi connectivity index (χ1n) is 7.74. The normalized spacial score (nSPS) is 24.5. The van der Waals surface area contributed by atoms with Crippen molar-refractivity contribution in [2.24, 2.45) is 0 Å². The fourth-order valence-corrected chi connectivity index (χ4v) is 3.20. The lowest BCUT2D eigenvalue weighted by molar-refractivity contribution is -0.136. The first-order valence-corrected chi connectivity index (χ1v) is 7.74. The Kier molecular flexibility index (Phi) is 3.80. The van der Waals surface area contributed by atoms with E-state index in [2.05, 4.69) is 15.5 Å². The van der Waals surface area contributed by atoms with Crippen molar-refractivity contribution in [3.63, 3.8) is 0 Å². The van der Waals surface area contributed by atoms with E-state index >= 15 is 0 Å². The molecule has 2 aliphatic heterocycles. The molecule has 0 aliphatic carbocycles. The van der Waals surface area contributed by atoms with E-state index in [0.29, 0.717) is 25.9 Å². The van der Waals surface area contributed by atoms with Crippen LogP contribution in [0.25, 0.3) is 0 Å². The van der Waals surface area contributed by atoms with Crippen LogP contribution in [0.2, 0.25) is 0 Å². The third-order valence-electron chi connectivity index (χ3n) is 4.69. The summed E-state index contributed by atoms with van der Waals surface area (Å²) in [6, 6.07) is 0. The van der Waals surface area contributed by atoms with Gasteiger partial charge in [0, 0.05) is 25.1 Å². The molecule has 7 nitrogen and oxygen atoms in total. The third-order valence-corrected chi connectivity index (χ3v) is 4.69. The Morgan fingerprint density at radius 1 is 1.45 bits per heavy atom. The van der Waals surface area contributed by atoms with Gasteiger partial charge in [-0.25, -0.2) is 4.79 Å². The van der Waals surface area contributed by atoms with Gasteiger partial charge in [0.25, 0.3) is 0 Å². The molecular weight excluding hydrogens is 284 g/mol. The van der Waals surface area contributed by atoms with Gasteiger partial charge in [-0.3, -0.25) is 9.89 Å². The quantitative estimate of drug-likeness (QED) is 0.874. The summed E-state index contributed by atoms with van der Waals surface area (Å²) in [7, 11) is 0. The lowest BCUT2D eigenvalue weighted by Gasteiger charge is -2.38. The molecule has 2 aliphatic rings. The predicted octanol–water partition coefficient (Wildman–Crippen LogP) is 1.06. The van der Waals surface area contributed by atoms with E-state index in [1.807, 2.05) is 18.7 Å². The molecular formula is C15H22N4O3. The highest BCUT2D eigenvalue weighted by Gasteiger charge is 2.44. The highest BCUT2D eigenvalue weighted by molar-refractivity contribution is 5.77. The number of piperidine rings is 1. The molecule has 3 rings (SSSR count). The van der Waals surface area contributed by atoms with Crippen molar-refractivity contribution < 1.29 is 14.3 Å². The molecule has 3 heterocycles. The van der Waals surface area contributed by atoms with E-state index in [4.69, 9.17) is 4.74 Å². The maximum Gasteiger partial charge on any atom is 0.407 e. The van der Waals surface area contributed by atoms with Gasteiger partial charge in [-0.15, -0.1) is 0 Å². The van der Waals surface area contributed by atoms with Crippen molar-refractivity contribution in [2.45, 2.75) is 45.1 Å². The van der Waals surface area contributed by atoms with Crippen molar-refractivity contribution in [3.8, 4) is 0 Å². The minimum absolute atomic E-state index is 0.0991. The lowest BCUT2D eigenvalue weighted by atomic mass is 9.92. The second kappa shape index (κ2) is 5.62. The van der Waals surface area contributed by atoms with Gasteiger partial charge in [0.1, 0.15) is 5.60 Å². The van der Waals surface area contributed by atoms with E-state index < -0.39 is 5.60 Å². The van der Waals surface area contributed by atoms with Crippen LogP contribution in [0.1, 0.15) is 36.2 Å². The number of hydrogen-bond donors (Lipinski definition) is 2. The van der Waals surface area contributed by atoms with Gasteiger partial charge in [0.2, 0.25) is 5.91 Å². The molecule has 7 heteroatoms. The lowest BCUT2D eigenvalue weighted by Crippen LogP contribution is -2.52. The monoisotopic (exact) mass is 306 g/mol. The van der Waals surface area contributed by atoms with Gasteiger partial charge in [0.05, 0.1) is 18.8 Å². The summed E-state index contributed by atoms with van der Waals surface area (Å²) in [6.45, 7) is 5.70. The molecule has 2 saturated heterocycles. The predicted molar refractivity (Wildman–Crippen MR) is 79.4 cm³/mol. The number of amides is 2. The summed E-state index contributed by atoms with van der Waals surface area (Å²) in [5.74, 6) is 0.0991. The van der Waals surface area contributed by atoms with Gasteiger partial charge in [0.15, 0.2) is 0 Å². The molecule has 0 bridgehead atoms. The number of carbonyl (C=O) groups is 2. The van der Waals surface area contributed by atoms with Crippen molar-refractivity contribution in [2.75, 3.05) is 19.6 Å². The number of hydrogen-bond acceptors (Lipinski definition) is 4. The number of nitrogens with one attached hydrogen (secondary N) is 2. The Hall–Kier alpha value is -2.05. The van der Waals surface area contributed by atoms with E-state index in [-0.39, 0.29) is 12.0 Å². The zero-order valence-electron chi connectivity index (χ0n) is 13.1. The van der Waals surface area contributed by atoms with E-state index in [9.17, 15) is 9.59 Å². The Morgan fingerprint density at radius 3 is 2.91 bits per heavy atom. The van der Waals surface area contributed by atoms with Crippen LogP contribution in [0.3, 0.4) is 0 Å². The van der Waals surface area contributed by atoms with Crippen LogP contribution in [0.5, 0.6) is 0 Å². The number of carbonyl (C=O) groups excluding carboxylic acids is 2. The third kappa shape index (κ3) is 2.80. The number of ether oxygens (including phenoxy) is 1. The van der Waals surface area contributed by atoms with Crippen LogP contribution in [0, 0.1) is 13.8 Å². The van der Waals surface area contributed by atoms with Crippen LogP contribution in [-0.2, 0) is 16.0 Å². The molecule has 0 aromatic carbocycles. The van der Waals surface area contributed by atoms with Crippen LogP contribution in [0.15, 0.2) is 0 Å².